The zero-order valence-electron chi connectivity index (χ0n) is 15.2. The van der Waals surface area contributed by atoms with E-state index in [1.54, 1.807) is 6.20 Å². The van der Waals surface area contributed by atoms with Crippen LogP contribution in [0.25, 0.3) is 0 Å². The molecule has 0 amide bonds. The van der Waals surface area contributed by atoms with E-state index in [4.69, 9.17) is 0 Å². The van der Waals surface area contributed by atoms with Crippen molar-refractivity contribution in [2.45, 2.75) is 32.9 Å². The number of rotatable bonds is 10. The second kappa shape index (κ2) is 11.6. The van der Waals surface area contributed by atoms with Gasteiger partial charge in [-0.15, -0.1) is 0 Å². The minimum Gasteiger partial charge on any atom is -0.357 e. The normalized spacial score (nSPS) is 11.5. The Morgan fingerprint density at radius 3 is 2.64 bits per heavy atom. The molecular weight excluding hydrogens is 330 g/mol. The van der Waals surface area contributed by atoms with Crippen LogP contribution in [0, 0.1) is 0 Å². The summed E-state index contributed by atoms with van der Waals surface area (Å²) < 4.78 is 2.07. The average molecular weight is 360 g/mol. The lowest BCUT2D eigenvalue weighted by atomic mass is 10.1. The quantitative estimate of drug-likeness (QED) is 0.389. The van der Waals surface area contributed by atoms with E-state index >= 15 is 0 Å². The molecule has 1 heterocycles. The Balaban J connectivity index is 1.82. The summed E-state index contributed by atoms with van der Waals surface area (Å²) in [5.41, 5.74) is 2.48. The topological polar surface area (TPSA) is 54.2 Å². The standard InChI is InChI=1S/C19H29N5S/c1-3-21-19(22-10-4-5-13-25-2)23-14-17-6-8-18(9-7-17)15-24-12-11-20-16-24/h6-9,11-12,16H,3-5,10,13-15H2,1-2H3,(H2,21,22,23). The van der Waals surface area contributed by atoms with E-state index in [2.05, 4.69) is 62.6 Å². The van der Waals surface area contributed by atoms with Gasteiger partial charge in [-0.05, 0) is 42.9 Å². The molecule has 6 heteroatoms. The number of hydrogen-bond donors (Lipinski definition) is 2. The Bertz CT molecular complexity index is 607. The number of aliphatic imine (C=N–C) groups is 1. The molecule has 0 aliphatic heterocycles. The van der Waals surface area contributed by atoms with Gasteiger partial charge in [0.05, 0.1) is 12.9 Å². The molecule has 2 N–H and O–H groups in total. The van der Waals surface area contributed by atoms with Gasteiger partial charge in [0.2, 0.25) is 0 Å². The van der Waals surface area contributed by atoms with Crippen molar-refractivity contribution >= 4 is 17.7 Å². The summed E-state index contributed by atoms with van der Waals surface area (Å²) in [5.74, 6) is 2.12. The predicted molar refractivity (Wildman–Crippen MR) is 108 cm³/mol. The molecule has 0 saturated heterocycles. The van der Waals surface area contributed by atoms with Crippen LogP contribution in [0.15, 0.2) is 48.0 Å². The summed E-state index contributed by atoms with van der Waals surface area (Å²) >= 11 is 1.90. The van der Waals surface area contributed by atoms with E-state index in [0.29, 0.717) is 6.54 Å². The van der Waals surface area contributed by atoms with Crippen molar-refractivity contribution in [2.24, 2.45) is 4.99 Å². The molecule has 0 spiro atoms. The first-order chi connectivity index (χ1) is 12.3. The summed E-state index contributed by atoms with van der Waals surface area (Å²) in [6, 6.07) is 8.62. The third-order valence-corrected chi connectivity index (χ3v) is 4.48. The van der Waals surface area contributed by atoms with E-state index in [0.717, 1.165) is 25.6 Å². The Hall–Kier alpha value is -1.95. The van der Waals surface area contributed by atoms with Crippen LogP contribution >= 0.6 is 11.8 Å². The van der Waals surface area contributed by atoms with Crippen molar-refractivity contribution in [3.05, 3.63) is 54.1 Å². The van der Waals surface area contributed by atoms with Crippen LogP contribution in [0.5, 0.6) is 0 Å². The summed E-state index contributed by atoms with van der Waals surface area (Å²) in [6.07, 6.45) is 10.2. The summed E-state index contributed by atoms with van der Waals surface area (Å²) in [7, 11) is 0. The first-order valence-electron chi connectivity index (χ1n) is 8.86. The van der Waals surface area contributed by atoms with Crippen LogP contribution < -0.4 is 10.6 Å². The van der Waals surface area contributed by atoms with Gasteiger partial charge in [-0.25, -0.2) is 9.98 Å². The number of thioether (sulfide) groups is 1. The molecule has 0 saturated carbocycles. The lowest BCUT2D eigenvalue weighted by Gasteiger charge is -2.11. The number of imidazole rings is 1. The highest BCUT2D eigenvalue weighted by Gasteiger charge is 1.99. The Kier molecular flexibility index (Phi) is 8.97. The van der Waals surface area contributed by atoms with Crippen molar-refractivity contribution in [3.63, 3.8) is 0 Å². The largest absolute Gasteiger partial charge is 0.357 e. The molecule has 136 valence electrons. The van der Waals surface area contributed by atoms with Crippen molar-refractivity contribution < 1.29 is 0 Å². The molecule has 0 fully saturated rings. The molecule has 2 rings (SSSR count). The van der Waals surface area contributed by atoms with Gasteiger partial charge in [0.15, 0.2) is 5.96 Å². The highest BCUT2D eigenvalue weighted by Crippen LogP contribution is 2.07. The maximum Gasteiger partial charge on any atom is 0.191 e. The van der Waals surface area contributed by atoms with Crippen LogP contribution in [0.4, 0.5) is 0 Å². The minimum absolute atomic E-state index is 0.686. The van der Waals surface area contributed by atoms with E-state index in [9.17, 15) is 0 Å². The van der Waals surface area contributed by atoms with Crippen LogP contribution in [-0.4, -0.2) is 40.6 Å². The summed E-state index contributed by atoms with van der Waals surface area (Å²) in [6.45, 7) is 5.47. The highest BCUT2D eigenvalue weighted by atomic mass is 32.2. The van der Waals surface area contributed by atoms with Gasteiger partial charge in [-0.2, -0.15) is 11.8 Å². The number of hydrogen-bond acceptors (Lipinski definition) is 3. The number of nitrogens with one attached hydrogen (secondary N) is 2. The molecule has 0 bridgehead atoms. The van der Waals surface area contributed by atoms with E-state index in [1.165, 1.54) is 29.7 Å². The molecule has 0 radical (unpaired) electrons. The van der Waals surface area contributed by atoms with Gasteiger partial charge in [0.25, 0.3) is 0 Å². The van der Waals surface area contributed by atoms with Crippen LogP contribution in [0.3, 0.4) is 0 Å². The maximum atomic E-state index is 4.68. The molecule has 0 aliphatic rings. The monoisotopic (exact) mass is 359 g/mol. The Morgan fingerprint density at radius 1 is 1.16 bits per heavy atom. The molecule has 1 aromatic heterocycles. The third kappa shape index (κ3) is 7.65. The number of benzene rings is 1. The SMILES string of the molecule is CCNC(=NCc1ccc(Cn2ccnc2)cc1)NCCCCSC. The zero-order valence-corrected chi connectivity index (χ0v) is 16.1. The molecule has 2 aromatic rings. The van der Waals surface area contributed by atoms with Crippen molar-refractivity contribution in [3.8, 4) is 0 Å². The van der Waals surface area contributed by atoms with E-state index in [-0.39, 0.29) is 0 Å². The van der Waals surface area contributed by atoms with Crippen LogP contribution in [-0.2, 0) is 13.1 Å². The van der Waals surface area contributed by atoms with Crippen LogP contribution in [0.2, 0.25) is 0 Å². The fraction of sp³-hybridized carbons (Fsp3) is 0.474. The van der Waals surface area contributed by atoms with Crippen molar-refractivity contribution in [1.29, 1.82) is 0 Å². The van der Waals surface area contributed by atoms with Gasteiger partial charge in [-0.1, -0.05) is 24.3 Å². The number of unbranched alkanes of at least 4 members (excludes halogenated alkanes) is 1. The number of guanidine groups is 1. The third-order valence-electron chi connectivity index (χ3n) is 3.78. The van der Waals surface area contributed by atoms with Crippen molar-refractivity contribution in [1.82, 2.24) is 20.2 Å². The molecular formula is C19H29N5S. The van der Waals surface area contributed by atoms with Gasteiger partial charge < -0.3 is 15.2 Å². The second-order valence-electron chi connectivity index (χ2n) is 5.87. The van der Waals surface area contributed by atoms with Crippen molar-refractivity contribution in [2.75, 3.05) is 25.1 Å². The summed E-state index contributed by atoms with van der Waals surface area (Å²) in [4.78, 5) is 8.75. The number of aromatic nitrogens is 2. The highest BCUT2D eigenvalue weighted by molar-refractivity contribution is 7.98. The first kappa shape index (κ1) is 19.4. The smallest absolute Gasteiger partial charge is 0.191 e. The summed E-state index contributed by atoms with van der Waals surface area (Å²) in [5, 5.41) is 6.72. The second-order valence-corrected chi connectivity index (χ2v) is 6.86. The fourth-order valence-corrected chi connectivity index (χ4v) is 2.92. The lowest BCUT2D eigenvalue weighted by molar-refractivity contribution is 0.734. The predicted octanol–water partition coefficient (Wildman–Crippen LogP) is 3.13. The van der Waals surface area contributed by atoms with Crippen LogP contribution in [0.1, 0.15) is 30.9 Å². The minimum atomic E-state index is 0.686. The fourth-order valence-electron chi connectivity index (χ4n) is 2.43. The molecule has 0 atom stereocenters. The molecule has 0 unspecified atom stereocenters. The molecule has 5 nitrogen and oxygen atoms in total. The van der Waals surface area contributed by atoms with E-state index < -0.39 is 0 Å². The Labute approximate surface area is 155 Å². The lowest BCUT2D eigenvalue weighted by Crippen LogP contribution is -2.37. The molecule has 0 aliphatic carbocycles. The number of nitrogens with zero attached hydrogens (tertiary/aromatic N) is 3. The average Bonchev–Trinajstić information content (AvgIpc) is 3.13. The molecule has 25 heavy (non-hydrogen) atoms. The zero-order chi connectivity index (χ0) is 17.7. The van der Waals surface area contributed by atoms with Gasteiger partial charge >= 0.3 is 0 Å². The van der Waals surface area contributed by atoms with Gasteiger partial charge in [0.1, 0.15) is 0 Å². The Morgan fingerprint density at radius 2 is 1.96 bits per heavy atom. The first-order valence-corrected chi connectivity index (χ1v) is 10.3. The van der Waals surface area contributed by atoms with Gasteiger partial charge in [-0.3, -0.25) is 0 Å². The van der Waals surface area contributed by atoms with E-state index in [1.807, 2.05) is 24.3 Å². The molecule has 1 aromatic carbocycles. The maximum absolute atomic E-state index is 4.68. The van der Waals surface area contributed by atoms with Gasteiger partial charge in [0, 0.05) is 32.0 Å².